The standard InChI is InChI=1S/C12H10F5NO3S/c1-7(19)8-4-9(18-11(20)2-3-12(18)21)6-10(5-8)22(13,14,15,16)17/h4-6H,2-3H2,1H3. The smallest absolute Gasteiger partial charge is 0.295 e. The molecule has 4 nitrogen and oxygen atoms in total. The number of benzene rings is 1. The molecule has 22 heavy (non-hydrogen) atoms. The van der Waals surface area contributed by atoms with Gasteiger partial charge in [-0.05, 0) is 25.1 Å². The molecule has 1 aliphatic heterocycles. The number of anilines is 1. The van der Waals surface area contributed by atoms with Crippen LogP contribution >= 0.6 is 10.2 Å². The van der Waals surface area contributed by atoms with Crippen molar-refractivity contribution in [2.45, 2.75) is 24.7 Å². The maximum absolute atomic E-state index is 13.0. The maximum atomic E-state index is 13.0. The van der Waals surface area contributed by atoms with E-state index in [-0.39, 0.29) is 25.0 Å². The predicted molar refractivity (Wildman–Crippen MR) is 69.6 cm³/mol. The van der Waals surface area contributed by atoms with Crippen LogP contribution in [0.4, 0.5) is 25.1 Å². The molecule has 0 unspecified atom stereocenters. The van der Waals surface area contributed by atoms with Gasteiger partial charge in [-0.2, -0.15) is 0 Å². The molecule has 2 rings (SSSR count). The van der Waals surface area contributed by atoms with Crippen LogP contribution in [0.25, 0.3) is 0 Å². The zero-order valence-electron chi connectivity index (χ0n) is 11.1. The Bertz CT molecular complexity index is 697. The molecule has 0 spiro atoms. The van der Waals surface area contributed by atoms with Gasteiger partial charge in [-0.25, -0.2) is 0 Å². The molecule has 0 saturated carbocycles. The second-order valence-electron chi connectivity index (χ2n) is 4.86. The maximum Gasteiger partial charge on any atom is 0.310 e. The molecule has 0 radical (unpaired) electrons. The summed E-state index contributed by atoms with van der Waals surface area (Å²) in [5.74, 6) is -2.51. The number of amides is 2. The van der Waals surface area contributed by atoms with E-state index in [1.165, 1.54) is 0 Å². The largest absolute Gasteiger partial charge is 0.310 e. The van der Waals surface area contributed by atoms with E-state index in [1.54, 1.807) is 0 Å². The summed E-state index contributed by atoms with van der Waals surface area (Å²) < 4.78 is 64.8. The average Bonchev–Trinajstić information content (AvgIpc) is 2.65. The van der Waals surface area contributed by atoms with Gasteiger partial charge in [0.15, 0.2) is 5.78 Å². The van der Waals surface area contributed by atoms with Crippen molar-refractivity contribution in [1.29, 1.82) is 0 Å². The van der Waals surface area contributed by atoms with Crippen molar-refractivity contribution >= 4 is 33.5 Å². The Balaban J connectivity index is 2.72. The van der Waals surface area contributed by atoms with Gasteiger partial charge in [-0.3, -0.25) is 19.3 Å². The van der Waals surface area contributed by atoms with Crippen LogP contribution in [0.5, 0.6) is 0 Å². The number of rotatable bonds is 3. The number of Topliss-reactive ketones (excluding diaryl/α,β-unsaturated/α-hetero) is 1. The van der Waals surface area contributed by atoms with Crippen molar-refractivity contribution in [2.75, 3.05) is 4.90 Å². The van der Waals surface area contributed by atoms with Gasteiger partial charge in [0.05, 0.1) is 5.69 Å². The second kappa shape index (κ2) is 4.06. The normalized spacial score (nSPS) is 19.1. The summed E-state index contributed by atoms with van der Waals surface area (Å²) in [6.45, 7) is 0.891. The summed E-state index contributed by atoms with van der Waals surface area (Å²) in [5, 5.41) is 0. The van der Waals surface area contributed by atoms with Gasteiger partial charge in [0.25, 0.3) is 0 Å². The molecule has 1 aromatic carbocycles. The van der Waals surface area contributed by atoms with Gasteiger partial charge in [-0.15, -0.1) is 0 Å². The number of hydrogen-bond acceptors (Lipinski definition) is 3. The van der Waals surface area contributed by atoms with Crippen LogP contribution in [0.15, 0.2) is 23.1 Å². The lowest BCUT2D eigenvalue weighted by Gasteiger charge is -2.41. The van der Waals surface area contributed by atoms with Crippen molar-refractivity contribution in [2.24, 2.45) is 0 Å². The third-order valence-electron chi connectivity index (χ3n) is 3.05. The average molecular weight is 343 g/mol. The Hall–Kier alpha value is -1.97. The molecular formula is C12H10F5NO3S. The summed E-state index contributed by atoms with van der Waals surface area (Å²) in [7, 11) is -10.1. The summed E-state index contributed by atoms with van der Waals surface area (Å²) in [5.41, 5.74) is -1.34. The summed E-state index contributed by atoms with van der Waals surface area (Å²) in [4.78, 5) is 32.5. The number of halogens is 5. The minimum atomic E-state index is -10.1. The van der Waals surface area contributed by atoms with E-state index in [4.69, 9.17) is 0 Å². The number of hydrogen-bond donors (Lipinski definition) is 0. The van der Waals surface area contributed by atoms with Crippen molar-refractivity contribution in [3.63, 3.8) is 0 Å². The molecule has 1 aromatic rings. The molecule has 1 saturated heterocycles. The fourth-order valence-corrected chi connectivity index (χ4v) is 2.70. The third kappa shape index (κ3) is 3.11. The Morgan fingerprint density at radius 3 is 1.91 bits per heavy atom. The molecule has 1 fully saturated rings. The van der Waals surface area contributed by atoms with Crippen LogP contribution in [-0.2, 0) is 9.59 Å². The topological polar surface area (TPSA) is 54.5 Å². The van der Waals surface area contributed by atoms with Gasteiger partial charge >= 0.3 is 10.2 Å². The van der Waals surface area contributed by atoms with Crippen molar-refractivity contribution < 1.29 is 33.8 Å². The number of nitrogens with zero attached hydrogens (tertiary/aromatic N) is 1. The molecule has 0 bridgehead atoms. The first-order chi connectivity index (χ1) is 9.69. The van der Waals surface area contributed by atoms with Crippen LogP contribution in [0.3, 0.4) is 0 Å². The molecular weight excluding hydrogens is 333 g/mol. The van der Waals surface area contributed by atoms with Crippen molar-refractivity contribution in [3.05, 3.63) is 23.8 Å². The van der Waals surface area contributed by atoms with E-state index >= 15 is 0 Å². The molecule has 122 valence electrons. The Morgan fingerprint density at radius 1 is 1.00 bits per heavy atom. The fraction of sp³-hybridized carbons (Fsp3) is 0.250. The first-order valence-electron chi connectivity index (χ1n) is 5.95. The lowest BCUT2D eigenvalue weighted by Crippen LogP contribution is -2.29. The predicted octanol–water partition coefficient (Wildman–Crippen LogP) is 4.20. The summed E-state index contributed by atoms with van der Waals surface area (Å²) in [6, 6.07) is 0.865. The number of carbonyl (C=O) groups is 3. The van der Waals surface area contributed by atoms with Crippen LogP contribution in [0.2, 0.25) is 0 Å². The van der Waals surface area contributed by atoms with Gasteiger partial charge in [0, 0.05) is 18.4 Å². The highest BCUT2D eigenvalue weighted by molar-refractivity contribution is 8.45. The van der Waals surface area contributed by atoms with E-state index < -0.39 is 44.0 Å². The summed E-state index contributed by atoms with van der Waals surface area (Å²) >= 11 is 0. The lowest BCUT2D eigenvalue weighted by molar-refractivity contribution is -0.121. The molecule has 2 amide bonds. The van der Waals surface area contributed by atoms with Gasteiger partial charge in [0.1, 0.15) is 4.90 Å². The molecule has 0 aromatic heterocycles. The molecule has 0 aliphatic carbocycles. The summed E-state index contributed by atoms with van der Waals surface area (Å²) in [6.07, 6.45) is -0.455. The third-order valence-corrected chi connectivity index (χ3v) is 4.18. The minimum absolute atomic E-state index is 0.0229. The van der Waals surface area contributed by atoms with Gasteiger partial charge in [-0.1, -0.05) is 19.4 Å². The number of imide groups is 1. The first-order valence-corrected chi connectivity index (χ1v) is 7.90. The highest BCUT2D eigenvalue weighted by atomic mass is 32.5. The first kappa shape index (κ1) is 16.4. The van der Waals surface area contributed by atoms with Gasteiger partial charge < -0.3 is 0 Å². The Morgan fingerprint density at radius 2 is 1.50 bits per heavy atom. The van der Waals surface area contributed by atoms with E-state index in [0.717, 1.165) is 13.0 Å². The van der Waals surface area contributed by atoms with Crippen LogP contribution in [-0.4, -0.2) is 17.6 Å². The van der Waals surface area contributed by atoms with Crippen molar-refractivity contribution in [1.82, 2.24) is 0 Å². The van der Waals surface area contributed by atoms with Gasteiger partial charge in [0.2, 0.25) is 11.8 Å². The van der Waals surface area contributed by atoms with Crippen LogP contribution in [0.1, 0.15) is 30.1 Å². The lowest BCUT2D eigenvalue weighted by atomic mass is 10.1. The van der Waals surface area contributed by atoms with E-state index in [9.17, 15) is 33.8 Å². The quantitative estimate of drug-likeness (QED) is 0.469. The monoisotopic (exact) mass is 343 g/mol. The Labute approximate surface area is 121 Å². The van der Waals surface area contributed by atoms with E-state index in [2.05, 4.69) is 0 Å². The van der Waals surface area contributed by atoms with E-state index in [0.29, 0.717) is 4.90 Å². The molecule has 1 heterocycles. The molecule has 1 aliphatic rings. The number of carbonyl (C=O) groups excluding carboxylic acids is 3. The highest BCUT2D eigenvalue weighted by Crippen LogP contribution is 3.02. The fourth-order valence-electron chi connectivity index (χ4n) is 2.00. The second-order valence-corrected chi connectivity index (χ2v) is 7.27. The Kier molecular flexibility index (Phi) is 3.03. The zero-order chi connectivity index (χ0) is 17.0. The molecule has 10 heteroatoms. The van der Waals surface area contributed by atoms with Crippen LogP contribution in [0, 0.1) is 0 Å². The SMILES string of the molecule is CC(=O)c1cc(N2C(=O)CCC2=O)cc(S(F)(F)(F)(F)F)c1. The van der Waals surface area contributed by atoms with Crippen LogP contribution < -0.4 is 4.90 Å². The minimum Gasteiger partial charge on any atom is -0.295 e. The van der Waals surface area contributed by atoms with E-state index in [1.807, 2.05) is 0 Å². The molecule has 0 N–H and O–H groups in total. The number of ketones is 1. The highest BCUT2D eigenvalue weighted by Gasteiger charge is 2.65. The molecule has 0 atom stereocenters. The zero-order valence-corrected chi connectivity index (χ0v) is 11.9. The van der Waals surface area contributed by atoms with Crippen molar-refractivity contribution in [3.8, 4) is 0 Å².